The fourth-order valence-electron chi connectivity index (χ4n) is 3.87. The number of piperidine rings is 1. The van der Waals surface area contributed by atoms with Gasteiger partial charge >= 0.3 is 6.03 Å². The Hall–Kier alpha value is -1.83. The SMILES string of the molecule is CCCCNC(=O)N1CC[C@H](NCC2CC2)[C@@]2(CC(C(=O)NC(C)C)=NO2)C1. The number of unbranched alkanes of at least 4 members (excludes halogenated alkanes) is 1. The largest absolute Gasteiger partial charge is 0.385 e. The molecule has 1 saturated heterocycles. The molecule has 1 aliphatic carbocycles. The smallest absolute Gasteiger partial charge is 0.317 e. The lowest BCUT2D eigenvalue weighted by molar-refractivity contribution is -0.115. The van der Waals surface area contributed by atoms with E-state index in [2.05, 4.69) is 28.0 Å². The van der Waals surface area contributed by atoms with Gasteiger partial charge in [-0.15, -0.1) is 0 Å². The quantitative estimate of drug-likeness (QED) is 0.546. The molecule has 1 spiro atoms. The molecule has 8 nitrogen and oxygen atoms in total. The lowest BCUT2D eigenvalue weighted by Gasteiger charge is -2.44. The number of hydrogen-bond donors (Lipinski definition) is 3. The molecule has 0 aromatic heterocycles. The fraction of sp³-hybridized carbons (Fsp3) is 0.850. The van der Waals surface area contributed by atoms with Gasteiger partial charge in [0.05, 0.1) is 12.6 Å². The molecule has 1 saturated carbocycles. The second-order valence-corrected chi connectivity index (χ2v) is 8.70. The highest BCUT2D eigenvalue weighted by Gasteiger charge is 2.52. The Labute approximate surface area is 167 Å². The van der Waals surface area contributed by atoms with Crippen molar-refractivity contribution in [3.8, 4) is 0 Å². The molecule has 8 heteroatoms. The lowest BCUT2D eigenvalue weighted by Crippen LogP contribution is -2.64. The molecule has 2 fully saturated rings. The van der Waals surface area contributed by atoms with Crippen molar-refractivity contribution in [3.05, 3.63) is 0 Å². The van der Waals surface area contributed by atoms with Crippen LogP contribution in [0.2, 0.25) is 0 Å². The average Bonchev–Trinajstić information content (AvgIpc) is 3.39. The van der Waals surface area contributed by atoms with Gasteiger partial charge in [-0.25, -0.2) is 4.79 Å². The first-order chi connectivity index (χ1) is 13.4. The molecule has 2 heterocycles. The van der Waals surface area contributed by atoms with Crippen molar-refractivity contribution in [2.45, 2.75) is 77.0 Å². The van der Waals surface area contributed by atoms with Gasteiger partial charge in [0.25, 0.3) is 5.91 Å². The topological polar surface area (TPSA) is 95.1 Å². The summed E-state index contributed by atoms with van der Waals surface area (Å²) < 4.78 is 0. The molecule has 28 heavy (non-hydrogen) atoms. The molecule has 2 aliphatic heterocycles. The van der Waals surface area contributed by atoms with E-state index in [0.29, 0.717) is 31.8 Å². The molecule has 3 rings (SSSR count). The predicted molar refractivity (Wildman–Crippen MR) is 108 cm³/mol. The number of urea groups is 1. The minimum absolute atomic E-state index is 0.0442. The van der Waals surface area contributed by atoms with E-state index in [0.717, 1.165) is 31.7 Å². The van der Waals surface area contributed by atoms with Crippen LogP contribution in [0.3, 0.4) is 0 Å². The first kappa shape index (κ1) is 20.9. The standard InChI is InChI=1S/C20H35N5O3/c1-4-5-9-21-19(27)25-10-8-17(22-12-15-6-7-15)20(13-25)11-16(24-28-20)18(26)23-14(2)3/h14-15,17,22H,4-13H2,1-3H3,(H,21,27)(H,23,26)/t17-,20+/m0/s1. The Morgan fingerprint density at radius 3 is 2.79 bits per heavy atom. The molecule has 0 bridgehead atoms. The minimum atomic E-state index is -0.668. The Bertz CT molecular complexity index is 605. The van der Waals surface area contributed by atoms with Crippen LogP contribution in [0.15, 0.2) is 5.16 Å². The molecule has 0 aromatic carbocycles. The predicted octanol–water partition coefficient (Wildman–Crippen LogP) is 1.61. The van der Waals surface area contributed by atoms with E-state index in [1.807, 2.05) is 18.7 Å². The van der Waals surface area contributed by atoms with Crippen LogP contribution >= 0.6 is 0 Å². The van der Waals surface area contributed by atoms with Crippen LogP contribution in [0.1, 0.15) is 59.3 Å². The summed E-state index contributed by atoms with van der Waals surface area (Å²) in [5, 5.41) is 13.7. The third-order valence-electron chi connectivity index (χ3n) is 5.71. The number of nitrogens with zero attached hydrogens (tertiary/aromatic N) is 2. The van der Waals surface area contributed by atoms with E-state index in [-0.39, 0.29) is 24.0 Å². The van der Waals surface area contributed by atoms with Crippen molar-refractivity contribution in [2.75, 3.05) is 26.2 Å². The van der Waals surface area contributed by atoms with Gasteiger partial charge in [-0.3, -0.25) is 4.79 Å². The molecule has 158 valence electrons. The third kappa shape index (κ3) is 5.16. The molecule has 3 amide bonds. The number of amides is 3. The number of likely N-dealkylation sites (tertiary alicyclic amines) is 1. The van der Waals surface area contributed by atoms with E-state index in [1.165, 1.54) is 12.8 Å². The maximum atomic E-state index is 12.6. The number of carbonyl (C=O) groups is 2. The molecule has 0 aromatic rings. The Morgan fingerprint density at radius 1 is 1.32 bits per heavy atom. The molecule has 0 radical (unpaired) electrons. The van der Waals surface area contributed by atoms with Gasteiger partial charge in [0.2, 0.25) is 0 Å². The maximum Gasteiger partial charge on any atom is 0.317 e. The van der Waals surface area contributed by atoms with Crippen molar-refractivity contribution in [3.63, 3.8) is 0 Å². The van der Waals surface area contributed by atoms with Crippen LogP contribution in [-0.4, -0.2) is 66.4 Å². The first-order valence-electron chi connectivity index (χ1n) is 10.8. The second-order valence-electron chi connectivity index (χ2n) is 8.70. The summed E-state index contributed by atoms with van der Waals surface area (Å²) in [6, 6.07) is 0.0702. The molecule has 3 N–H and O–H groups in total. The van der Waals surface area contributed by atoms with Crippen molar-refractivity contribution in [1.82, 2.24) is 20.9 Å². The Kier molecular flexibility index (Phi) is 6.80. The summed E-state index contributed by atoms with van der Waals surface area (Å²) in [6.45, 7) is 8.72. The van der Waals surface area contributed by atoms with Crippen LogP contribution in [0, 0.1) is 5.92 Å². The summed E-state index contributed by atoms with van der Waals surface area (Å²) in [7, 11) is 0. The fourth-order valence-corrected chi connectivity index (χ4v) is 3.87. The highest BCUT2D eigenvalue weighted by molar-refractivity contribution is 6.39. The van der Waals surface area contributed by atoms with E-state index < -0.39 is 5.60 Å². The summed E-state index contributed by atoms with van der Waals surface area (Å²) in [6.07, 6.45) is 5.78. The van der Waals surface area contributed by atoms with E-state index >= 15 is 0 Å². The van der Waals surface area contributed by atoms with Gasteiger partial charge in [0.1, 0.15) is 5.71 Å². The molecular weight excluding hydrogens is 358 g/mol. The van der Waals surface area contributed by atoms with E-state index in [4.69, 9.17) is 4.84 Å². The minimum Gasteiger partial charge on any atom is -0.385 e. The van der Waals surface area contributed by atoms with Gasteiger partial charge in [0, 0.05) is 25.6 Å². The molecule has 3 aliphatic rings. The summed E-state index contributed by atoms with van der Waals surface area (Å²) in [4.78, 5) is 32.7. The first-order valence-corrected chi connectivity index (χ1v) is 10.8. The Morgan fingerprint density at radius 2 is 2.11 bits per heavy atom. The van der Waals surface area contributed by atoms with E-state index in [1.54, 1.807) is 0 Å². The van der Waals surface area contributed by atoms with Gasteiger partial charge in [-0.1, -0.05) is 18.5 Å². The van der Waals surface area contributed by atoms with Gasteiger partial charge in [-0.2, -0.15) is 0 Å². The van der Waals surface area contributed by atoms with Crippen molar-refractivity contribution < 1.29 is 14.4 Å². The number of oxime groups is 1. The molecule has 0 unspecified atom stereocenters. The number of hydrogen-bond acceptors (Lipinski definition) is 5. The van der Waals surface area contributed by atoms with Gasteiger partial charge in [0.15, 0.2) is 5.60 Å². The van der Waals surface area contributed by atoms with Crippen molar-refractivity contribution in [1.29, 1.82) is 0 Å². The third-order valence-corrected chi connectivity index (χ3v) is 5.71. The number of carbonyl (C=O) groups excluding carboxylic acids is 2. The lowest BCUT2D eigenvalue weighted by atomic mass is 9.83. The molecular formula is C20H35N5O3. The van der Waals surface area contributed by atoms with E-state index in [9.17, 15) is 9.59 Å². The maximum absolute atomic E-state index is 12.6. The number of nitrogens with one attached hydrogen (secondary N) is 3. The normalized spacial score (nSPS) is 26.9. The highest BCUT2D eigenvalue weighted by Crippen LogP contribution is 2.35. The zero-order chi connectivity index (χ0) is 20.1. The summed E-state index contributed by atoms with van der Waals surface area (Å²) >= 11 is 0. The summed E-state index contributed by atoms with van der Waals surface area (Å²) in [5.74, 6) is 0.566. The van der Waals surface area contributed by atoms with Crippen LogP contribution < -0.4 is 16.0 Å². The second kappa shape index (κ2) is 9.11. The zero-order valence-corrected chi connectivity index (χ0v) is 17.4. The Balaban J connectivity index is 1.65. The monoisotopic (exact) mass is 393 g/mol. The van der Waals surface area contributed by atoms with Crippen LogP contribution in [0.4, 0.5) is 4.79 Å². The van der Waals surface area contributed by atoms with Crippen LogP contribution in [0.5, 0.6) is 0 Å². The average molecular weight is 394 g/mol. The zero-order valence-electron chi connectivity index (χ0n) is 17.4. The molecule has 2 atom stereocenters. The number of rotatable bonds is 8. The van der Waals surface area contributed by atoms with Crippen LogP contribution in [-0.2, 0) is 9.63 Å². The highest BCUT2D eigenvalue weighted by atomic mass is 16.7. The van der Waals surface area contributed by atoms with Crippen molar-refractivity contribution in [2.24, 2.45) is 11.1 Å². The van der Waals surface area contributed by atoms with Crippen LogP contribution in [0.25, 0.3) is 0 Å². The van der Waals surface area contributed by atoms with Gasteiger partial charge in [-0.05, 0) is 52.0 Å². The van der Waals surface area contributed by atoms with Crippen molar-refractivity contribution >= 4 is 17.6 Å². The summed E-state index contributed by atoms with van der Waals surface area (Å²) in [5.41, 5.74) is -0.251. The van der Waals surface area contributed by atoms with Gasteiger partial charge < -0.3 is 25.7 Å².